The summed E-state index contributed by atoms with van der Waals surface area (Å²) >= 11 is 0. The molecule has 146 valence electrons. The molecular weight excluding hydrogens is 356 g/mol. The number of nitrogens with zero attached hydrogens (tertiary/aromatic N) is 5. The molecule has 1 atom stereocenters. The van der Waals surface area contributed by atoms with Crippen molar-refractivity contribution in [2.75, 3.05) is 39.5 Å². The van der Waals surface area contributed by atoms with Crippen LogP contribution in [0.3, 0.4) is 0 Å². The zero-order chi connectivity index (χ0) is 19.8. The zero-order valence-electron chi connectivity index (χ0n) is 16.0. The number of phenolic OH excluding ortho intramolecular Hbond substituents is 1. The summed E-state index contributed by atoms with van der Waals surface area (Å²) < 4.78 is 2.13. The zero-order valence-corrected chi connectivity index (χ0v) is 16.0. The number of likely N-dealkylation sites (N-methyl/N-ethyl adjacent to an activating group) is 1. The van der Waals surface area contributed by atoms with Gasteiger partial charge in [0.15, 0.2) is 0 Å². The summed E-state index contributed by atoms with van der Waals surface area (Å²) in [5.41, 5.74) is 8.72. The molecule has 1 amide bonds. The van der Waals surface area contributed by atoms with Gasteiger partial charge < -0.3 is 20.3 Å². The number of fused-ring (bicyclic) bond motifs is 1. The van der Waals surface area contributed by atoms with Crippen LogP contribution in [-0.2, 0) is 4.79 Å². The number of phenols is 1. The highest BCUT2D eigenvalue weighted by atomic mass is 16.3. The van der Waals surface area contributed by atoms with Crippen LogP contribution in [0, 0.1) is 0 Å². The van der Waals surface area contributed by atoms with E-state index in [1.165, 1.54) is 6.33 Å². The van der Waals surface area contributed by atoms with Crippen LogP contribution < -0.4 is 5.73 Å². The largest absolute Gasteiger partial charge is 0.508 e. The number of nitrogens with two attached hydrogens (primary N) is 1. The van der Waals surface area contributed by atoms with E-state index in [1.807, 2.05) is 12.3 Å². The molecule has 1 aromatic carbocycles. The van der Waals surface area contributed by atoms with Crippen LogP contribution >= 0.6 is 0 Å². The Balaban J connectivity index is 1.71. The summed E-state index contributed by atoms with van der Waals surface area (Å²) in [6.45, 7) is 2.04. The van der Waals surface area contributed by atoms with Crippen LogP contribution in [-0.4, -0.2) is 69.1 Å². The highest BCUT2D eigenvalue weighted by Crippen LogP contribution is 2.37. The molecule has 8 heteroatoms. The van der Waals surface area contributed by atoms with Crippen LogP contribution in [0.15, 0.2) is 36.8 Å². The summed E-state index contributed by atoms with van der Waals surface area (Å²) in [4.78, 5) is 24.5. The third-order valence-electron chi connectivity index (χ3n) is 5.29. The Morgan fingerprint density at radius 2 is 2.18 bits per heavy atom. The van der Waals surface area contributed by atoms with E-state index >= 15 is 0 Å². The molecule has 3 aromatic rings. The number of aromatic hydroxyl groups is 1. The predicted molar refractivity (Wildman–Crippen MR) is 108 cm³/mol. The lowest BCUT2D eigenvalue weighted by Crippen LogP contribution is -2.35. The predicted octanol–water partition coefficient (Wildman–Crippen LogP) is 1.72. The molecule has 0 aliphatic carbocycles. The van der Waals surface area contributed by atoms with Gasteiger partial charge in [-0.05, 0) is 24.1 Å². The van der Waals surface area contributed by atoms with Gasteiger partial charge >= 0.3 is 0 Å². The first-order valence-corrected chi connectivity index (χ1v) is 9.27. The number of anilines is 1. The number of carbonyl (C=O) groups excluding carboxylic acids is 1. The molecule has 4 rings (SSSR count). The van der Waals surface area contributed by atoms with E-state index in [0.717, 1.165) is 41.7 Å². The van der Waals surface area contributed by atoms with Crippen LogP contribution in [0.25, 0.3) is 22.2 Å². The first-order chi connectivity index (χ1) is 13.4. The van der Waals surface area contributed by atoms with Gasteiger partial charge in [-0.2, -0.15) is 0 Å². The van der Waals surface area contributed by atoms with Crippen molar-refractivity contribution in [3.63, 3.8) is 0 Å². The third-order valence-corrected chi connectivity index (χ3v) is 5.29. The van der Waals surface area contributed by atoms with E-state index in [-0.39, 0.29) is 17.7 Å². The quantitative estimate of drug-likeness (QED) is 0.715. The van der Waals surface area contributed by atoms with Gasteiger partial charge in [-0.25, -0.2) is 9.97 Å². The summed E-state index contributed by atoms with van der Waals surface area (Å²) in [5.74, 6) is 0.716. The van der Waals surface area contributed by atoms with E-state index < -0.39 is 0 Å². The van der Waals surface area contributed by atoms with E-state index in [2.05, 4.69) is 19.4 Å². The normalized spacial score (nSPS) is 17.3. The van der Waals surface area contributed by atoms with Crippen LogP contribution in [0.4, 0.5) is 5.82 Å². The van der Waals surface area contributed by atoms with Gasteiger partial charge in [-0.1, -0.05) is 12.1 Å². The van der Waals surface area contributed by atoms with E-state index in [1.54, 1.807) is 37.2 Å². The van der Waals surface area contributed by atoms with E-state index in [0.29, 0.717) is 12.4 Å². The van der Waals surface area contributed by atoms with Crippen molar-refractivity contribution in [1.29, 1.82) is 0 Å². The summed E-state index contributed by atoms with van der Waals surface area (Å²) in [7, 11) is 3.55. The maximum Gasteiger partial charge on any atom is 0.236 e. The standard InChI is InChI=1S/C20H24N6O2/c1-24(2)17(28)11-25-7-6-14(9-25)26-10-16(13-4-3-5-15(27)8-13)18-19(21)22-12-23-20(18)26/h3-5,8,10,12,14,27H,6-7,9,11H2,1-2H3,(H2,21,22,23). The Labute approximate surface area is 163 Å². The Hall–Kier alpha value is -3.13. The average molecular weight is 380 g/mol. The molecular formula is C20H24N6O2. The van der Waals surface area contributed by atoms with Gasteiger partial charge in [0.05, 0.1) is 11.9 Å². The van der Waals surface area contributed by atoms with Crippen molar-refractivity contribution in [3.8, 4) is 16.9 Å². The fourth-order valence-electron chi connectivity index (χ4n) is 3.79. The van der Waals surface area contributed by atoms with Crippen molar-refractivity contribution in [1.82, 2.24) is 24.3 Å². The van der Waals surface area contributed by atoms with Crippen molar-refractivity contribution in [2.24, 2.45) is 0 Å². The highest BCUT2D eigenvalue weighted by Gasteiger charge is 2.28. The Bertz CT molecular complexity index is 1030. The lowest BCUT2D eigenvalue weighted by atomic mass is 10.1. The monoisotopic (exact) mass is 380 g/mol. The molecule has 28 heavy (non-hydrogen) atoms. The van der Waals surface area contributed by atoms with Crippen LogP contribution in [0.1, 0.15) is 12.5 Å². The van der Waals surface area contributed by atoms with E-state index in [4.69, 9.17) is 5.73 Å². The molecule has 1 saturated heterocycles. The minimum Gasteiger partial charge on any atom is -0.508 e. The van der Waals surface area contributed by atoms with Gasteiger partial charge in [0.2, 0.25) is 5.91 Å². The van der Waals surface area contributed by atoms with Gasteiger partial charge in [-0.3, -0.25) is 9.69 Å². The number of likely N-dealkylation sites (tertiary alicyclic amines) is 1. The number of hydrogen-bond acceptors (Lipinski definition) is 6. The molecule has 0 bridgehead atoms. The lowest BCUT2D eigenvalue weighted by molar-refractivity contribution is -0.129. The maximum absolute atomic E-state index is 12.0. The summed E-state index contributed by atoms with van der Waals surface area (Å²) in [5, 5.41) is 10.7. The average Bonchev–Trinajstić information content (AvgIpc) is 3.27. The summed E-state index contributed by atoms with van der Waals surface area (Å²) in [6, 6.07) is 7.28. The number of benzene rings is 1. The lowest BCUT2D eigenvalue weighted by Gasteiger charge is -2.19. The van der Waals surface area contributed by atoms with Crippen molar-refractivity contribution < 1.29 is 9.90 Å². The van der Waals surface area contributed by atoms with Gasteiger partial charge in [0.25, 0.3) is 0 Å². The first kappa shape index (κ1) is 18.2. The van der Waals surface area contributed by atoms with Crippen molar-refractivity contribution >= 4 is 22.8 Å². The second kappa shape index (κ2) is 7.12. The van der Waals surface area contributed by atoms with Gasteiger partial charge in [-0.15, -0.1) is 0 Å². The fourth-order valence-corrected chi connectivity index (χ4v) is 3.79. The minimum atomic E-state index is 0.102. The van der Waals surface area contributed by atoms with Gasteiger partial charge in [0.1, 0.15) is 23.5 Å². The Kier molecular flexibility index (Phi) is 4.64. The van der Waals surface area contributed by atoms with Crippen LogP contribution in [0.5, 0.6) is 5.75 Å². The highest BCUT2D eigenvalue weighted by molar-refractivity contribution is 6.00. The van der Waals surface area contributed by atoms with E-state index in [9.17, 15) is 9.90 Å². The fraction of sp³-hybridized carbons (Fsp3) is 0.350. The second-order valence-corrected chi connectivity index (χ2v) is 7.42. The molecule has 1 aliphatic rings. The molecule has 2 aromatic heterocycles. The molecule has 8 nitrogen and oxygen atoms in total. The molecule has 0 spiro atoms. The first-order valence-electron chi connectivity index (χ1n) is 9.27. The second-order valence-electron chi connectivity index (χ2n) is 7.42. The molecule has 1 fully saturated rings. The molecule has 1 aliphatic heterocycles. The maximum atomic E-state index is 12.0. The molecule has 0 radical (unpaired) electrons. The molecule has 3 heterocycles. The third kappa shape index (κ3) is 3.27. The number of amides is 1. The SMILES string of the molecule is CN(C)C(=O)CN1CCC(n2cc(-c3cccc(O)c3)c3c(N)ncnc32)C1. The number of aromatic nitrogens is 3. The number of rotatable bonds is 4. The Morgan fingerprint density at radius 1 is 1.36 bits per heavy atom. The molecule has 1 unspecified atom stereocenters. The number of hydrogen-bond donors (Lipinski definition) is 2. The van der Waals surface area contributed by atoms with Crippen molar-refractivity contribution in [3.05, 3.63) is 36.8 Å². The number of nitrogen functional groups attached to an aromatic ring is 1. The topological polar surface area (TPSA) is 101 Å². The summed E-state index contributed by atoms with van der Waals surface area (Å²) in [6.07, 6.45) is 4.43. The molecule has 3 N–H and O–H groups in total. The van der Waals surface area contributed by atoms with Gasteiger partial charge in [0, 0.05) is 45.0 Å². The number of carbonyl (C=O) groups is 1. The van der Waals surface area contributed by atoms with Crippen LogP contribution in [0.2, 0.25) is 0 Å². The van der Waals surface area contributed by atoms with Crippen molar-refractivity contribution in [2.45, 2.75) is 12.5 Å². The smallest absolute Gasteiger partial charge is 0.236 e. The minimum absolute atomic E-state index is 0.102. The Morgan fingerprint density at radius 3 is 2.93 bits per heavy atom. The molecule has 0 saturated carbocycles.